The Labute approximate surface area is 392 Å². The SMILES string of the molecule is CC[C@H]1OC(=O)[C@H](C)[C@@H](O)[C@H](C)[C@@H](O[C@@H]2O[C@H](C)C[C@H](N(C)C)[C@H]2O)[C@](C)(O)C[C@@H](C)CN(CCCNC(=O)c2cc3c(s2)-c2cc(Cl)ccc2Oc2ccccc2-3)[C@H](C)[C@@H](O)[C@]1(C)O. The second kappa shape index (κ2) is 21.0. The van der Waals surface area contributed by atoms with Gasteiger partial charge in [-0.1, -0.05) is 50.6 Å². The van der Waals surface area contributed by atoms with Crippen molar-refractivity contribution < 1.29 is 54.1 Å². The number of carbonyl (C=O) groups is 2. The molecule has 14 nitrogen and oxygen atoms in total. The molecule has 6 N–H and O–H groups in total. The van der Waals surface area contributed by atoms with Crippen LogP contribution in [0.3, 0.4) is 0 Å². The molecule has 0 saturated carbocycles. The normalized spacial score (nSPS) is 35.1. The van der Waals surface area contributed by atoms with Gasteiger partial charge in [0.2, 0.25) is 0 Å². The molecular formula is C49H70ClN3O11S. The first kappa shape index (κ1) is 51.2. The van der Waals surface area contributed by atoms with Crippen LogP contribution in [-0.2, 0) is 19.0 Å². The van der Waals surface area contributed by atoms with Gasteiger partial charge in [0.1, 0.15) is 35.4 Å². The summed E-state index contributed by atoms with van der Waals surface area (Å²) in [5.74, 6) is -1.95. The Kier molecular flexibility index (Phi) is 16.5. The van der Waals surface area contributed by atoms with Crippen molar-refractivity contribution in [2.75, 3.05) is 33.7 Å². The van der Waals surface area contributed by atoms with Crippen LogP contribution in [0.4, 0.5) is 0 Å². The predicted molar refractivity (Wildman–Crippen MR) is 251 cm³/mol. The molecule has 3 aliphatic rings. The quantitative estimate of drug-likeness (QED) is 0.0809. The molecule has 16 heteroatoms. The summed E-state index contributed by atoms with van der Waals surface area (Å²) in [6.45, 7) is 14.7. The number of nitrogens with one attached hydrogen (secondary N) is 1. The van der Waals surface area contributed by atoms with Gasteiger partial charge in [0.15, 0.2) is 6.29 Å². The molecule has 3 aromatic rings. The predicted octanol–water partition coefficient (Wildman–Crippen LogP) is 6.32. The number of hydrogen-bond donors (Lipinski definition) is 6. The van der Waals surface area contributed by atoms with Gasteiger partial charge in [-0.25, -0.2) is 0 Å². The van der Waals surface area contributed by atoms with E-state index in [4.69, 9.17) is 30.5 Å². The van der Waals surface area contributed by atoms with Crippen LogP contribution >= 0.6 is 22.9 Å². The second-order valence-electron chi connectivity index (χ2n) is 19.4. The number of benzene rings is 2. The number of amides is 1. The molecule has 0 spiro atoms. The van der Waals surface area contributed by atoms with E-state index in [0.717, 1.165) is 21.6 Å². The molecule has 14 atom stereocenters. The summed E-state index contributed by atoms with van der Waals surface area (Å²) in [5, 5.41) is 63.2. The molecule has 360 valence electrons. The summed E-state index contributed by atoms with van der Waals surface area (Å²) < 4.78 is 24.8. The zero-order valence-corrected chi connectivity index (χ0v) is 40.9. The van der Waals surface area contributed by atoms with Crippen molar-refractivity contribution >= 4 is 34.8 Å². The van der Waals surface area contributed by atoms with Crippen LogP contribution in [0.5, 0.6) is 11.5 Å². The third-order valence-corrected chi connectivity index (χ3v) is 15.1. The average molecular weight is 945 g/mol. The number of para-hydroxylation sites is 1. The number of aliphatic hydroxyl groups excluding tert-OH is 3. The number of fused-ring (bicyclic) bond motifs is 5. The lowest BCUT2D eigenvalue weighted by Crippen LogP contribution is -2.59. The lowest BCUT2D eigenvalue weighted by molar-refractivity contribution is -0.299. The lowest BCUT2D eigenvalue weighted by Gasteiger charge is -2.46. The largest absolute Gasteiger partial charge is 0.459 e. The molecule has 0 radical (unpaired) electrons. The Balaban J connectivity index is 1.24. The molecule has 2 saturated heterocycles. The first-order chi connectivity index (χ1) is 30.5. The van der Waals surface area contributed by atoms with Gasteiger partial charge in [-0.2, -0.15) is 0 Å². The minimum atomic E-state index is -1.90. The molecule has 0 aliphatic carbocycles. The van der Waals surface area contributed by atoms with E-state index in [1.165, 1.54) is 25.2 Å². The lowest BCUT2D eigenvalue weighted by atomic mass is 9.78. The molecular weight excluding hydrogens is 874 g/mol. The third-order valence-electron chi connectivity index (χ3n) is 13.7. The van der Waals surface area contributed by atoms with Crippen LogP contribution in [-0.4, -0.2) is 147 Å². The number of cyclic esters (lactones) is 1. The third kappa shape index (κ3) is 11.2. The fraction of sp³-hybridized carbons (Fsp3) is 0.633. The number of aliphatic hydroxyl groups is 5. The van der Waals surface area contributed by atoms with Crippen molar-refractivity contribution in [3.05, 3.63) is 58.4 Å². The van der Waals surface area contributed by atoms with E-state index in [1.54, 1.807) is 33.8 Å². The minimum Gasteiger partial charge on any atom is -0.459 e. The molecule has 2 aromatic carbocycles. The first-order valence-electron chi connectivity index (χ1n) is 23.0. The van der Waals surface area contributed by atoms with Crippen LogP contribution in [0.2, 0.25) is 5.02 Å². The zero-order valence-electron chi connectivity index (χ0n) is 39.4. The van der Waals surface area contributed by atoms with Crippen LogP contribution in [0.1, 0.15) is 90.7 Å². The zero-order chi connectivity index (χ0) is 47.7. The second-order valence-corrected chi connectivity index (χ2v) is 20.9. The van der Waals surface area contributed by atoms with Crippen LogP contribution in [0, 0.1) is 17.8 Å². The number of rotatable bonds is 9. The highest BCUT2D eigenvalue weighted by atomic mass is 35.5. The molecule has 0 bridgehead atoms. The van der Waals surface area contributed by atoms with Crippen molar-refractivity contribution in [1.82, 2.24) is 15.1 Å². The van der Waals surface area contributed by atoms with E-state index in [-0.39, 0.29) is 36.8 Å². The van der Waals surface area contributed by atoms with Gasteiger partial charge in [-0.15, -0.1) is 11.3 Å². The minimum absolute atomic E-state index is 0.151. The summed E-state index contributed by atoms with van der Waals surface area (Å²) >= 11 is 7.79. The monoisotopic (exact) mass is 943 g/mol. The van der Waals surface area contributed by atoms with Crippen LogP contribution < -0.4 is 10.1 Å². The Morgan fingerprint density at radius 3 is 2.37 bits per heavy atom. The standard InChI is InChI=1S/C49H70ClN3O11S/c1-11-39-49(8,60)43(56)30(6)53(20-14-19-51-45(57)38-23-33-32-15-12-13-16-36(32)62-37-18-17-31(50)22-34(37)42(33)65-38)25-26(2)24-48(7,59)44(28(4)40(54)29(5)46(58)63-39)64-47-41(55)35(52(9)10)21-27(3)61-47/h12-13,15-18,22-23,26-30,35,39-41,43-44,47,54-56,59-60H,11,14,19-21,24-25H2,1-10H3,(H,51,57)/t26-,27-,28+,29-,30-,35+,39-,40+,41-,43-,44-,47+,48-,49-/m1/s1. The number of likely N-dealkylation sites (N-methyl/N-ethyl adjacent to an activating group) is 1. The maximum Gasteiger partial charge on any atom is 0.311 e. The summed E-state index contributed by atoms with van der Waals surface area (Å²) in [7, 11) is 3.73. The summed E-state index contributed by atoms with van der Waals surface area (Å²) in [6, 6.07) is 14.0. The van der Waals surface area contributed by atoms with E-state index in [2.05, 4.69) is 5.32 Å². The van der Waals surface area contributed by atoms with Crippen molar-refractivity contribution in [1.29, 1.82) is 0 Å². The highest BCUT2D eigenvalue weighted by Gasteiger charge is 2.50. The number of carbonyl (C=O) groups excluding carboxylic acids is 2. The van der Waals surface area contributed by atoms with Crippen molar-refractivity contribution in [2.24, 2.45) is 17.8 Å². The Morgan fingerprint density at radius 2 is 1.68 bits per heavy atom. The number of nitrogens with zero attached hydrogens (tertiary/aromatic N) is 2. The van der Waals surface area contributed by atoms with E-state index in [0.29, 0.717) is 53.9 Å². The molecule has 3 aliphatic heterocycles. The molecule has 0 unspecified atom stereocenters. The first-order valence-corrected chi connectivity index (χ1v) is 24.1. The smallest absolute Gasteiger partial charge is 0.311 e. The molecule has 6 rings (SSSR count). The van der Waals surface area contributed by atoms with Crippen molar-refractivity contribution in [2.45, 2.75) is 147 Å². The van der Waals surface area contributed by atoms with Gasteiger partial charge in [0.25, 0.3) is 5.91 Å². The Morgan fingerprint density at radius 1 is 0.985 bits per heavy atom. The number of esters is 1. The maximum absolute atomic E-state index is 13.8. The number of hydrogen-bond acceptors (Lipinski definition) is 14. The fourth-order valence-electron chi connectivity index (χ4n) is 10.0. The van der Waals surface area contributed by atoms with Gasteiger partial charge in [-0.3, -0.25) is 14.5 Å². The van der Waals surface area contributed by atoms with E-state index in [9.17, 15) is 35.1 Å². The van der Waals surface area contributed by atoms with E-state index >= 15 is 0 Å². The van der Waals surface area contributed by atoms with Gasteiger partial charge < -0.3 is 54.7 Å². The molecule has 1 amide bonds. The maximum atomic E-state index is 13.8. The van der Waals surface area contributed by atoms with Gasteiger partial charge >= 0.3 is 5.97 Å². The highest BCUT2D eigenvalue weighted by Crippen LogP contribution is 2.50. The summed E-state index contributed by atoms with van der Waals surface area (Å²) in [4.78, 5) is 32.9. The van der Waals surface area contributed by atoms with Gasteiger partial charge in [-0.05, 0) is 111 Å². The molecule has 65 heavy (non-hydrogen) atoms. The van der Waals surface area contributed by atoms with E-state index in [1.807, 2.05) is 80.2 Å². The Hall–Kier alpha value is -3.19. The Bertz CT molecular complexity index is 2120. The highest BCUT2D eigenvalue weighted by molar-refractivity contribution is 7.18. The van der Waals surface area contributed by atoms with E-state index < -0.39 is 71.9 Å². The number of thiophene rings is 1. The summed E-state index contributed by atoms with van der Waals surface area (Å²) in [6.07, 6.45) is -6.15. The van der Waals surface area contributed by atoms with Gasteiger partial charge in [0.05, 0.1) is 34.7 Å². The summed E-state index contributed by atoms with van der Waals surface area (Å²) in [5.41, 5.74) is -0.992. The molecule has 1 aromatic heterocycles. The van der Waals surface area contributed by atoms with Gasteiger partial charge in [0, 0.05) is 64.2 Å². The fourth-order valence-corrected chi connectivity index (χ4v) is 11.3. The topological polar surface area (TPSA) is 191 Å². The number of ether oxygens (including phenoxy) is 4. The van der Waals surface area contributed by atoms with Crippen LogP contribution in [0.25, 0.3) is 21.6 Å². The average Bonchev–Trinajstić information content (AvgIpc) is 3.65. The number of halogens is 1. The van der Waals surface area contributed by atoms with Crippen molar-refractivity contribution in [3.8, 4) is 33.1 Å². The van der Waals surface area contributed by atoms with Crippen LogP contribution in [0.15, 0.2) is 48.5 Å². The van der Waals surface area contributed by atoms with Crippen molar-refractivity contribution in [3.63, 3.8) is 0 Å². The molecule has 2 fully saturated rings. The molecule has 4 heterocycles.